The van der Waals surface area contributed by atoms with E-state index in [4.69, 9.17) is 9.47 Å². The van der Waals surface area contributed by atoms with Gasteiger partial charge in [-0.25, -0.2) is 0 Å². The molecule has 0 saturated carbocycles. The molecule has 6 N–H and O–H groups in total. The van der Waals surface area contributed by atoms with Gasteiger partial charge < -0.3 is 40.3 Å². The number of hydrogen-bond donors (Lipinski definition) is 6. The van der Waals surface area contributed by atoms with E-state index < -0.39 is 49.5 Å². The van der Waals surface area contributed by atoms with E-state index in [0.29, 0.717) is 12.8 Å². The van der Waals surface area contributed by atoms with Crippen molar-refractivity contribution in [1.82, 2.24) is 5.32 Å². The van der Waals surface area contributed by atoms with Crippen molar-refractivity contribution in [3.05, 3.63) is 85.1 Å². The van der Waals surface area contributed by atoms with Crippen LogP contribution in [0.25, 0.3) is 0 Å². The number of amides is 1. The van der Waals surface area contributed by atoms with Crippen LogP contribution < -0.4 is 5.32 Å². The molecule has 0 bridgehead atoms. The molecule has 0 aromatic heterocycles. The van der Waals surface area contributed by atoms with Gasteiger partial charge in [-0.05, 0) is 70.6 Å². The van der Waals surface area contributed by atoms with Gasteiger partial charge in [-0.2, -0.15) is 0 Å². The minimum absolute atomic E-state index is 0.209. The predicted molar refractivity (Wildman–Crippen MR) is 216 cm³/mol. The van der Waals surface area contributed by atoms with Gasteiger partial charge in [0.2, 0.25) is 5.91 Å². The molecule has 53 heavy (non-hydrogen) atoms. The fourth-order valence-electron chi connectivity index (χ4n) is 5.67. The summed E-state index contributed by atoms with van der Waals surface area (Å²) < 4.78 is 11.1. The van der Waals surface area contributed by atoms with Crippen molar-refractivity contribution >= 4 is 5.91 Å². The molecule has 1 rings (SSSR count). The average Bonchev–Trinajstić information content (AvgIpc) is 3.16. The van der Waals surface area contributed by atoms with Gasteiger partial charge in [0.05, 0.1) is 25.4 Å². The summed E-state index contributed by atoms with van der Waals surface area (Å²) in [7, 11) is 0. The van der Waals surface area contributed by atoms with Gasteiger partial charge in [0, 0.05) is 6.42 Å². The smallest absolute Gasteiger partial charge is 0.220 e. The number of rotatable bonds is 31. The van der Waals surface area contributed by atoms with Crippen LogP contribution in [0.2, 0.25) is 0 Å². The Kier molecular flexibility index (Phi) is 31.0. The Morgan fingerprint density at radius 3 is 1.79 bits per heavy atom. The third kappa shape index (κ3) is 25.1. The number of aliphatic hydroxyl groups is 5. The maximum Gasteiger partial charge on any atom is 0.220 e. The van der Waals surface area contributed by atoms with Crippen LogP contribution in [0.4, 0.5) is 0 Å². The Bertz CT molecular complexity index is 1090. The Balaban J connectivity index is 2.53. The first-order valence-corrected chi connectivity index (χ1v) is 20.3. The zero-order valence-corrected chi connectivity index (χ0v) is 32.7. The molecule has 9 nitrogen and oxygen atoms in total. The van der Waals surface area contributed by atoms with Crippen LogP contribution >= 0.6 is 0 Å². The third-order valence-electron chi connectivity index (χ3n) is 8.95. The van der Waals surface area contributed by atoms with Crippen LogP contribution in [0.1, 0.15) is 129 Å². The van der Waals surface area contributed by atoms with Gasteiger partial charge in [0.15, 0.2) is 6.29 Å². The topological polar surface area (TPSA) is 149 Å². The van der Waals surface area contributed by atoms with Crippen molar-refractivity contribution in [2.24, 2.45) is 0 Å². The molecular weight excluding hydrogens is 670 g/mol. The van der Waals surface area contributed by atoms with Crippen LogP contribution in [0, 0.1) is 0 Å². The summed E-state index contributed by atoms with van der Waals surface area (Å²) in [5.41, 5.74) is 0. The monoisotopic (exact) mass is 744 g/mol. The van der Waals surface area contributed by atoms with E-state index in [0.717, 1.165) is 51.4 Å². The Morgan fingerprint density at radius 2 is 1.19 bits per heavy atom. The number of unbranched alkanes of at least 4 members (excludes halogenated alkanes) is 9. The highest BCUT2D eigenvalue weighted by molar-refractivity contribution is 5.76. The lowest BCUT2D eigenvalue weighted by molar-refractivity contribution is -0.302. The maximum atomic E-state index is 12.8. The molecule has 0 spiro atoms. The summed E-state index contributed by atoms with van der Waals surface area (Å²) in [4.78, 5) is 12.8. The maximum absolute atomic E-state index is 12.8. The zero-order valence-electron chi connectivity index (χ0n) is 32.7. The van der Waals surface area contributed by atoms with Crippen LogP contribution in [-0.4, -0.2) is 87.5 Å². The number of nitrogens with one attached hydrogen (secondary N) is 1. The van der Waals surface area contributed by atoms with Gasteiger partial charge in [0.1, 0.15) is 24.4 Å². The van der Waals surface area contributed by atoms with Crippen LogP contribution in [-0.2, 0) is 14.3 Å². The number of allylic oxidation sites excluding steroid dienone is 13. The molecule has 1 saturated heterocycles. The molecule has 1 fully saturated rings. The Morgan fingerprint density at radius 1 is 0.660 bits per heavy atom. The summed E-state index contributed by atoms with van der Waals surface area (Å²) in [6.07, 6.45) is 39.3. The molecule has 302 valence electrons. The third-order valence-corrected chi connectivity index (χ3v) is 8.95. The van der Waals surface area contributed by atoms with Crippen molar-refractivity contribution in [1.29, 1.82) is 0 Å². The molecule has 1 heterocycles. The second-order valence-corrected chi connectivity index (χ2v) is 13.7. The highest BCUT2D eigenvalue weighted by atomic mass is 16.7. The van der Waals surface area contributed by atoms with E-state index in [9.17, 15) is 30.3 Å². The fourth-order valence-corrected chi connectivity index (χ4v) is 5.67. The molecule has 0 radical (unpaired) electrons. The van der Waals surface area contributed by atoms with E-state index in [1.165, 1.54) is 44.9 Å². The first-order valence-electron chi connectivity index (χ1n) is 20.3. The van der Waals surface area contributed by atoms with E-state index in [-0.39, 0.29) is 18.9 Å². The van der Waals surface area contributed by atoms with Gasteiger partial charge in [0.25, 0.3) is 0 Å². The molecular formula is C44H73NO8. The van der Waals surface area contributed by atoms with E-state index in [1.807, 2.05) is 18.2 Å². The van der Waals surface area contributed by atoms with Crippen molar-refractivity contribution in [2.75, 3.05) is 13.2 Å². The first kappa shape index (κ1) is 48.4. The lowest BCUT2D eigenvalue weighted by Crippen LogP contribution is -2.60. The van der Waals surface area contributed by atoms with Crippen LogP contribution in [0.3, 0.4) is 0 Å². The first-order chi connectivity index (χ1) is 25.8. The fraction of sp³-hybridized carbons (Fsp3) is 0.659. The molecule has 0 aromatic rings. The van der Waals surface area contributed by atoms with Crippen molar-refractivity contribution in [2.45, 2.75) is 172 Å². The minimum atomic E-state index is -1.59. The number of aliphatic hydroxyl groups excluding tert-OH is 5. The van der Waals surface area contributed by atoms with Gasteiger partial charge in [-0.15, -0.1) is 0 Å². The molecule has 1 amide bonds. The van der Waals surface area contributed by atoms with Gasteiger partial charge in [-0.1, -0.05) is 137 Å². The minimum Gasteiger partial charge on any atom is -0.394 e. The number of ether oxygens (including phenoxy) is 2. The van der Waals surface area contributed by atoms with Crippen molar-refractivity contribution in [3.8, 4) is 0 Å². The molecule has 0 aliphatic carbocycles. The lowest BCUT2D eigenvalue weighted by atomic mass is 9.99. The quantitative estimate of drug-likeness (QED) is 0.0314. The number of carbonyl (C=O) groups is 1. The van der Waals surface area contributed by atoms with Gasteiger partial charge >= 0.3 is 0 Å². The lowest BCUT2D eigenvalue weighted by Gasteiger charge is -2.40. The Labute approximate surface area is 321 Å². The average molecular weight is 744 g/mol. The molecule has 1 aliphatic rings. The predicted octanol–water partition coefficient (Wildman–Crippen LogP) is 7.60. The highest BCUT2D eigenvalue weighted by Crippen LogP contribution is 2.22. The molecule has 1 aliphatic heterocycles. The molecule has 9 heteroatoms. The summed E-state index contributed by atoms with van der Waals surface area (Å²) in [6, 6.07) is -0.869. The summed E-state index contributed by atoms with van der Waals surface area (Å²) in [6.45, 7) is 3.54. The van der Waals surface area contributed by atoms with E-state index in [2.05, 4.69) is 79.9 Å². The molecule has 0 aromatic carbocycles. The van der Waals surface area contributed by atoms with Gasteiger partial charge in [-0.3, -0.25) is 4.79 Å². The summed E-state index contributed by atoms with van der Waals surface area (Å²) in [5, 5.41) is 53.9. The normalized spacial score (nSPS) is 22.6. The highest BCUT2D eigenvalue weighted by Gasteiger charge is 2.44. The van der Waals surface area contributed by atoms with E-state index >= 15 is 0 Å². The molecule has 7 atom stereocenters. The van der Waals surface area contributed by atoms with E-state index in [1.54, 1.807) is 6.08 Å². The van der Waals surface area contributed by atoms with Crippen molar-refractivity contribution < 1.29 is 39.8 Å². The van der Waals surface area contributed by atoms with Crippen LogP contribution in [0.5, 0.6) is 0 Å². The van der Waals surface area contributed by atoms with Crippen molar-refractivity contribution in [3.63, 3.8) is 0 Å². The number of carbonyl (C=O) groups excluding carboxylic acids is 1. The number of hydrogen-bond acceptors (Lipinski definition) is 8. The molecule has 7 unspecified atom stereocenters. The SMILES string of the molecule is CC/C=C\C/C=C\C/C=C\C/C=C\CCC(=O)NC(COC1OC(CO)C(O)C(O)C1O)C(O)/C=C/CC/C=C/CC/C=C/CCCCCCCCC. The second-order valence-electron chi connectivity index (χ2n) is 13.7. The summed E-state index contributed by atoms with van der Waals surface area (Å²) in [5.74, 6) is -0.276. The standard InChI is InChI=1S/C44H73NO8/c1-3-5-7-9-11-13-15-17-18-19-20-22-23-25-27-29-31-33-38(47)37(36-52-44-43(51)42(50)41(49)39(35-46)53-44)45-40(48)34-32-30-28-26-24-21-16-14-12-10-8-6-4-2/h6,8,12,14,18-19,21,23-25,28,30-31,33,37-39,41-44,46-47,49-51H,3-5,7,9-11,13,15-17,20,22,26-27,29,32,34-36H2,1-2H3,(H,45,48)/b8-6-,14-12-,19-18+,24-21-,25-23+,30-28-,33-31+. The largest absolute Gasteiger partial charge is 0.394 e. The van der Waals surface area contributed by atoms with Crippen LogP contribution in [0.15, 0.2) is 85.1 Å². The second kappa shape index (κ2) is 33.9. The Hall–Kier alpha value is -2.63. The zero-order chi connectivity index (χ0) is 38.8. The summed E-state index contributed by atoms with van der Waals surface area (Å²) >= 11 is 0.